The number of rotatable bonds is 6. The van der Waals surface area contributed by atoms with Crippen LogP contribution >= 0.6 is 0 Å². The average molecular weight is 289 g/mol. The summed E-state index contributed by atoms with van der Waals surface area (Å²) in [5, 5.41) is 3.56. The maximum atomic E-state index is 3.56. The fourth-order valence-electron chi connectivity index (χ4n) is 3.66. The van der Waals surface area contributed by atoms with Crippen LogP contribution in [0.4, 0.5) is 0 Å². The maximum absolute atomic E-state index is 3.56. The van der Waals surface area contributed by atoms with E-state index in [0.29, 0.717) is 18.0 Å². The minimum Gasteiger partial charge on any atom is -0.312 e. The fraction of sp³-hybridized carbons (Fsp3) is 0.667. The average Bonchev–Trinajstić information content (AvgIpc) is 2.46. The summed E-state index contributed by atoms with van der Waals surface area (Å²) < 4.78 is 0. The smallest absolute Gasteiger partial charge is 0.0478 e. The Kier molecular flexibility index (Phi) is 5.80. The lowest BCUT2D eigenvalue weighted by Gasteiger charge is -2.42. The second-order valence-corrected chi connectivity index (χ2v) is 6.74. The van der Waals surface area contributed by atoms with Crippen LogP contribution in [-0.2, 0) is 0 Å². The number of nitrogens with zero attached hydrogens (tertiary/aromatic N) is 2. The number of nitrogens with one attached hydrogen (secondary N) is 1. The van der Waals surface area contributed by atoms with Crippen LogP contribution in [-0.4, -0.2) is 57.1 Å². The van der Waals surface area contributed by atoms with E-state index < -0.39 is 0 Å². The van der Waals surface area contributed by atoms with E-state index in [1.165, 1.54) is 24.0 Å². The lowest BCUT2D eigenvalue weighted by Crippen LogP contribution is -2.46. The van der Waals surface area contributed by atoms with Crippen LogP contribution in [0.15, 0.2) is 24.3 Å². The van der Waals surface area contributed by atoms with E-state index in [1.807, 2.05) is 0 Å². The first-order valence-corrected chi connectivity index (χ1v) is 8.15. The molecule has 2 rings (SSSR count). The van der Waals surface area contributed by atoms with E-state index >= 15 is 0 Å². The predicted molar refractivity (Wildman–Crippen MR) is 90.9 cm³/mol. The molecule has 0 spiro atoms. The van der Waals surface area contributed by atoms with Crippen molar-refractivity contribution in [1.82, 2.24) is 15.1 Å². The molecule has 0 aliphatic heterocycles. The fourth-order valence-corrected chi connectivity index (χ4v) is 3.66. The van der Waals surface area contributed by atoms with E-state index in [9.17, 15) is 0 Å². The summed E-state index contributed by atoms with van der Waals surface area (Å²) in [7, 11) is 8.67. The highest BCUT2D eigenvalue weighted by molar-refractivity contribution is 5.36. The molecular formula is C18H31N3. The molecule has 0 bridgehead atoms. The first-order chi connectivity index (χ1) is 10.0. The van der Waals surface area contributed by atoms with E-state index in [2.05, 4.69) is 74.5 Å². The monoisotopic (exact) mass is 289 g/mol. The largest absolute Gasteiger partial charge is 0.312 e. The minimum absolute atomic E-state index is 0.446. The van der Waals surface area contributed by atoms with Crippen LogP contribution in [0, 0.1) is 0 Å². The van der Waals surface area contributed by atoms with Crippen LogP contribution in [0.5, 0.6) is 0 Å². The van der Waals surface area contributed by atoms with Gasteiger partial charge in [0, 0.05) is 12.1 Å². The summed E-state index contributed by atoms with van der Waals surface area (Å²) >= 11 is 0. The molecule has 0 saturated carbocycles. The van der Waals surface area contributed by atoms with Crippen molar-refractivity contribution in [3.05, 3.63) is 35.4 Å². The molecule has 0 radical (unpaired) electrons. The van der Waals surface area contributed by atoms with E-state index in [-0.39, 0.29) is 0 Å². The van der Waals surface area contributed by atoms with E-state index in [1.54, 1.807) is 0 Å². The SMILES string of the molecule is CNC1c2ccccc2C(C)CC1N(C)CCCN(C)C. The zero-order chi connectivity index (χ0) is 15.4. The van der Waals surface area contributed by atoms with Crippen LogP contribution in [0.3, 0.4) is 0 Å². The van der Waals surface area contributed by atoms with Crippen molar-refractivity contribution in [1.29, 1.82) is 0 Å². The van der Waals surface area contributed by atoms with Gasteiger partial charge in [0.25, 0.3) is 0 Å². The van der Waals surface area contributed by atoms with Gasteiger partial charge in [-0.25, -0.2) is 0 Å². The lowest BCUT2D eigenvalue weighted by molar-refractivity contribution is 0.162. The molecule has 1 aliphatic rings. The first kappa shape index (κ1) is 16.5. The van der Waals surface area contributed by atoms with Gasteiger partial charge in [-0.2, -0.15) is 0 Å². The number of likely N-dealkylation sites (N-methyl/N-ethyl adjacent to an activating group) is 2. The molecule has 1 aromatic rings. The van der Waals surface area contributed by atoms with Gasteiger partial charge in [0.05, 0.1) is 0 Å². The topological polar surface area (TPSA) is 18.5 Å². The highest BCUT2D eigenvalue weighted by Crippen LogP contribution is 2.39. The summed E-state index contributed by atoms with van der Waals surface area (Å²) in [5.74, 6) is 0.645. The lowest BCUT2D eigenvalue weighted by atomic mass is 9.77. The highest BCUT2D eigenvalue weighted by atomic mass is 15.2. The van der Waals surface area contributed by atoms with Crippen molar-refractivity contribution in [2.24, 2.45) is 0 Å². The molecule has 1 N–H and O–H groups in total. The Balaban J connectivity index is 2.10. The van der Waals surface area contributed by atoms with Gasteiger partial charge in [-0.1, -0.05) is 31.2 Å². The Bertz CT molecular complexity index is 444. The van der Waals surface area contributed by atoms with Crippen molar-refractivity contribution < 1.29 is 0 Å². The third kappa shape index (κ3) is 3.85. The molecule has 1 aliphatic carbocycles. The van der Waals surface area contributed by atoms with Gasteiger partial charge in [-0.3, -0.25) is 0 Å². The van der Waals surface area contributed by atoms with E-state index in [0.717, 1.165) is 13.1 Å². The minimum atomic E-state index is 0.446. The summed E-state index contributed by atoms with van der Waals surface area (Å²) in [6.07, 6.45) is 2.47. The molecule has 1 aromatic carbocycles. The summed E-state index contributed by atoms with van der Waals surface area (Å²) in [6, 6.07) is 9.97. The zero-order valence-corrected chi connectivity index (χ0v) is 14.3. The predicted octanol–water partition coefficient (Wildman–Crippen LogP) is 2.71. The molecule has 3 nitrogen and oxygen atoms in total. The van der Waals surface area contributed by atoms with Crippen LogP contribution in [0.1, 0.15) is 42.9 Å². The zero-order valence-electron chi connectivity index (χ0n) is 14.3. The molecule has 0 heterocycles. The second-order valence-electron chi connectivity index (χ2n) is 6.74. The van der Waals surface area contributed by atoms with Crippen LogP contribution in [0.25, 0.3) is 0 Å². The highest BCUT2D eigenvalue weighted by Gasteiger charge is 2.34. The second kappa shape index (κ2) is 7.39. The third-order valence-corrected chi connectivity index (χ3v) is 4.84. The summed E-state index contributed by atoms with van der Waals surface area (Å²) in [6.45, 7) is 4.69. The maximum Gasteiger partial charge on any atom is 0.0478 e. The number of hydrogen-bond donors (Lipinski definition) is 1. The Morgan fingerprint density at radius 1 is 1.10 bits per heavy atom. The Morgan fingerprint density at radius 3 is 2.38 bits per heavy atom. The normalized spacial score (nSPS) is 25.4. The standard InChI is InChI=1S/C18H31N3/c1-14-13-17(21(5)12-8-11-20(3)4)18(19-2)16-10-7-6-9-15(14)16/h6-7,9-10,14,17-19H,8,11-13H2,1-5H3. The molecule has 118 valence electrons. The van der Waals surface area contributed by atoms with Gasteiger partial charge in [0.2, 0.25) is 0 Å². The quantitative estimate of drug-likeness (QED) is 0.869. The summed E-state index contributed by atoms with van der Waals surface area (Å²) in [5.41, 5.74) is 3.01. The number of fused-ring (bicyclic) bond motifs is 1. The first-order valence-electron chi connectivity index (χ1n) is 8.15. The molecule has 3 heteroatoms. The molecule has 0 saturated heterocycles. The third-order valence-electron chi connectivity index (χ3n) is 4.84. The number of benzene rings is 1. The van der Waals surface area contributed by atoms with Crippen LogP contribution < -0.4 is 5.32 Å². The van der Waals surface area contributed by atoms with Gasteiger partial charge >= 0.3 is 0 Å². The molecular weight excluding hydrogens is 258 g/mol. The van der Waals surface area contributed by atoms with Gasteiger partial charge < -0.3 is 15.1 Å². The van der Waals surface area contributed by atoms with Crippen molar-refractivity contribution in [2.45, 2.75) is 37.8 Å². The van der Waals surface area contributed by atoms with Crippen molar-refractivity contribution >= 4 is 0 Å². The molecule has 0 aromatic heterocycles. The van der Waals surface area contributed by atoms with E-state index in [4.69, 9.17) is 0 Å². The van der Waals surface area contributed by atoms with Crippen molar-refractivity contribution in [3.8, 4) is 0 Å². The summed E-state index contributed by atoms with van der Waals surface area (Å²) in [4.78, 5) is 4.82. The van der Waals surface area contributed by atoms with Gasteiger partial charge in [0.1, 0.15) is 0 Å². The molecule has 0 amide bonds. The molecule has 3 unspecified atom stereocenters. The Morgan fingerprint density at radius 2 is 1.76 bits per heavy atom. The van der Waals surface area contributed by atoms with Crippen molar-refractivity contribution in [2.75, 3.05) is 41.3 Å². The van der Waals surface area contributed by atoms with Gasteiger partial charge in [-0.05, 0) is 71.2 Å². The molecule has 3 atom stereocenters. The Hall–Kier alpha value is -0.900. The number of hydrogen-bond acceptors (Lipinski definition) is 3. The molecule has 21 heavy (non-hydrogen) atoms. The Labute approximate surface area is 130 Å². The van der Waals surface area contributed by atoms with Crippen molar-refractivity contribution in [3.63, 3.8) is 0 Å². The molecule has 0 fully saturated rings. The van der Waals surface area contributed by atoms with Crippen LogP contribution in [0.2, 0.25) is 0 Å². The van der Waals surface area contributed by atoms with Gasteiger partial charge in [-0.15, -0.1) is 0 Å². The van der Waals surface area contributed by atoms with Gasteiger partial charge in [0.15, 0.2) is 0 Å².